The summed E-state index contributed by atoms with van der Waals surface area (Å²) >= 11 is 0. The quantitative estimate of drug-likeness (QED) is 0.566. The number of hydrogen-bond donors (Lipinski definition) is 1. The van der Waals surface area contributed by atoms with Crippen LogP contribution in [0.1, 0.15) is 13.3 Å². The van der Waals surface area contributed by atoms with E-state index in [0.717, 1.165) is 0 Å². The molecule has 0 atom stereocenters. The van der Waals surface area contributed by atoms with Crippen LogP contribution in [0, 0.1) is 0 Å². The highest BCUT2D eigenvalue weighted by Gasteiger charge is 1.93. The van der Waals surface area contributed by atoms with E-state index < -0.39 is 0 Å². The van der Waals surface area contributed by atoms with Crippen molar-refractivity contribution in [2.24, 2.45) is 0 Å². The molecule has 0 aliphatic rings. The standard InChI is InChI=1S/C7H10NO2/c1-2-3-4-7(10)8-5-6-9/h2-3H,4-5H2,1H3,(H,8,10)/b3-2+. The maximum absolute atomic E-state index is 10.6. The van der Waals surface area contributed by atoms with Crippen molar-refractivity contribution in [3.8, 4) is 0 Å². The molecule has 3 heteroatoms. The SMILES string of the molecule is C/C=C/CC(=O)NC[C]=O. The monoisotopic (exact) mass is 140 g/mol. The molecule has 0 bridgehead atoms. The average molecular weight is 140 g/mol. The van der Waals surface area contributed by atoms with Crippen LogP contribution < -0.4 is 5.32 Å². The first-order chi connectivity index (χ1) is 4.81. The Balaban J connectivity index is 3.34. The molecule has 0 fully saturated rings. The Hall–Kier alpha value is -1.12. The second kappa shape index (κ2) is 6.01. The van der Waals surface area contributed by atoms with Crippen LogP contribution in [0.15, 0.2) is 12.2 Å². The van der Waals surface area contributed by atoms with Gasteiger partial charge in [-0.3, -0.25) is 9.59 Å². The summed E-state index contributed by atoms with van der Waals surface area (Å²) in [7, 11) is 0. The molecule has 0 aliphatic carbocycles. The van der Waals surface area contributed by atoms with Crippen molar-refractivity contribution < 1.29 is 9.59 Å². The number of allylic oxidation sites excluding steroid dienone is 1. The lowest BCUT2D eigenvalue weighted by atomic mass is 10.3. The van der Waals surface area contributed by atoms with Crippen molar-refractivity contribution in [3.63, 3.8) is 0 Å². The zero-order chi connectivity index (χ0) is 7.82. The van der Waals surface area contributed by atoms with Crippen LogP contribution in [0.25, 0.3) is 0 Å². The van der Waals surface area contributed by atoms with Crippen molar-refractivity contribution in [2.45, 2.75) is 13.3 Å². The summed E-state index contributed by atoms with van der Waals surface area (Å²) in [5.41, 5.74) is 0. The van der Waals surface area contributed by atoms with Crippen LogP contribution in [-0.4, -0.2) is 18.7 Å². The molecule has 0 aromatic heterocycles. The van der Waals surface area contributed by atoms with Crippen LogP contribution in [0.2, 0.25) is 0 Å². The first-order valence-electron chi connectivity index (χ1n) is 3.04. The van der Waals surface area contributed by atoms with Crippen LogP contribution in [0.3, 0.4) is 0 Å². The number of nitrogens with one attached hydrogen (secondary N) is 1. The van der Waals surface area contributed by atoms with Gasteiger partial charge in [0.25, 0.3) is 0 Å². The van der Waals surface area contributed by atoms with Gasteiger partial charge >= 0.3 is 0 Å². The summed E-state index contributed by atoms with van der Waals surface area (Å²) in [5.74, 6) is -0.151. The normalized spacial score (nSPS) is 9.70. The Bertz CT molecular complexity index is 141. The largest absolute Gasteiger partial charge is 0.348 e. The molecule has 55 valence electrons. The van der Waals surface area contributed by atoms with Crippen LogP contribution in [0.5, 0.6) is 0 Å². The molecule has 0 rings (SSSR count). The van der Waals surface area contributed by atoms with Gasteiger partial charge in [-0.1, -0.05) is 12.2 Å². The Kier molecular flexibility index (Phi) is 5.33. The number of hydrogen-bond acceptors (Lipinski definition) is 2. The Labute approximate surface area is 60.1 Å². The van der Waals surface area contributed by atoms with E-state index in [4.69, 9.17) is 0 Å². The molecule has 10 heavy (non-hydrogen) atoms. The maximum atomic E-state index is 10.6. The topological polar surface area (TPSA) is 46.2 Å². The number of carbonyl (C=O) groups excluding carboxylic acids is 2. The second-order valence-electron chi connectivity index (χ2n) is 1.69. The van der Waals surface area contributed by atoms with Gasteiger partial charge in [-0.05, 0) is 6.92 Å². The predicted octanol–water partition coefficient (Wildman–Crippen LogP) is 0.178. The molecule has 0 heterocycles. The third-order valence-corrected chi connectivity index (χ3v) is 0.897. The zero-order valence-electron chi connectivity index (χ0n) is 5.89. The summed E-state index contributed by atoms with van der Waals surface area (Å²) in [6.45, 7) is 1.81. The van der Waals surface area contributed by atoms with Gasteiger partial charge in [0.2, 0.25) is 12.2 Å². The Morgan fingerprint density at radius 3 is 2.90 bits per heavy atom. The van der Waals surface area contributed by atoms with Crippen LogP contribution >= 0.6 is 0 Å². The van der Waals surface area contributed by atoms with Gasteiger partial charge in [-0.15, -0.1) is 0 Å². The molecule has 0 saturated carbocycles. The molecule has 0 aliphatic heterocycles. The van der Waals surface area contributed by atoms with Crippen molar-refractivity contribution in [3.05, 3.63) is 12.2 Å². The lowest BCUT2D eigenvalue weighted by Gasteiger charge is -1.94. The van der Waals surface area contributed by atoms with Gasteiger partial charge in [0.1, 0.15) is 0 Å². The Morgan fingerprint density at radius 2 is 2.40 bits per heavy atom. The summed E-state index contributed by atoms with van der Waals surface area (Å²) < 4.78 is 0. The van der Waals surface area contributed by atoms with Crippen molar-refractivity contribution in [1.29, 1.82) is 0 Å². The third-order valence-electron chi connectivity index (χ3n) is 0.897. The molecule has 1 radical (unpaired) electrons. The van der Waals surface area contributed by atoms with E-state index in [1.165, 1.54) is 0 Å². The number of carbonyl (C=O) groups is 1. The predicted molar refractivity (Wildman–Crippen MR) is 38.1 cm³/mol. The molecule has 0 aromatic rings. The lowest BCUT2D eigenvalue weighted by Crippen LogP contribution is -2.23. The minimum atomic E-state index is -0.151. The van der Waals surface area contributed by atoms with Crippen molar-refractivity contribution in [1.82, 2.24) is 5.32 Å². The summed E-state index contributed by atoms with van der Waals surface area (Å²) in [4.78, 5) is 20.2. The van der Waals surface area contributed by atoms with Gasteiger partial charge in [-0.2, -0.15) is 0 Å². The highest BCUT2D eigenvalue weighted by atomic mass is 16.2. The van der Waals surface area contributed by atoms with E-state index >= 15 is 0 Å². The van der Waals surface area contributed by atoms with Gasteiger partial charge in [0, 0.05) is 6.42 Å². The molecule has 0 aromatic carbocycles. The van der Waals surface area contributed by atoms with E-state index in [9.17, 15) is 9.59 Å². The molecule has 3 nitrogen and oxygen atoms in total. The van der Waals surface area contributed by atoms with E-state index in [2.05, 4.69) is 5.32 Å². The fourth-order valence-electron chi connectivity index (χ4n) is 0.432. The number of rotatable bonds is 4. The fraction of sp³-hybridized carbons (Fsp3) is 0.429. The van der Waals surface area contributed by atoms with Crippen molar-refractivity contribution >= 4 is 12.2 Å². The van der Waals surface area contributed by atoms with Gasteiger partial charge in [0.15, 0.2) is 0 Å². The van der Waals surface area contributed by atoms with Crippen LogP contribution in [0.4, 0.5) is 0 Å². The first kappa shape index (κ1) is 8.88. The minimum Gasteiger partial charge on any atom is -0.348 e. The molecular formula is C7H10NO2. The van der Waals surface area contributed by atoms with Gasteiger partial charge in [-0.25, -0.2) is 0 Å². The lowest BCUT2D eigenvalue weighted by molar-refractivity contribution is -0.119. The van der Waals surface area contributed by atoms with E-state index in [0.29, 0.717) is 6.42 Å². The first-order valence-corrected chi connectivity index (χ1v) is 3.04. The highest BCUT2D eigenvalue weighted by molar-refractivity contribution is 5.79. The van der Waals surface area contributed by atoms with E-state index in [1.54, 1.807) is 18.4 Å². The summed E-state index contributed by atoms with van der Waals surface area (Å²) in [6.07, 6.45) is 5.40. The minimum absolute atomic E-state index is 0.0175. The number of amides is 1. The van der Waals surface area contributed by atoms with E-state index in [1.807, 2.05) is 6.92 Å². The van der Waals surface area contributed by atoms with E-state index in [-0.39, 0.29) is 12.5 Å². The average Bonchev–Trinajstić information content (AvgIpc) is 1.97. The van der Waals surface area contributed by atoms with Gasteiger partial charge in [0.05, 0.1) is 6.54 Å². The molecule has 1 N–H and O–H groups in total. The maximum Gasteiger partial charge on any atom is 0.224 e. The molecule has 0 unspecified atom stereocenters. The smallest absolute Gasteiger partial charge is 0.224 e. The second-order valence-corrected chi connectivity index (χ2v) is 1.69. The molecule has 0 spiro atoms. The Morgan fingerprint density at radius 1 is 1.70 bits per heavy atom. The van der Waals surface area contributed by atoms with Crippen molar-refractivity contribution in [2.75, 3.05) is 6.54 Å². The molecule has 0 saturated heterocycles. The zero-order valence-corrected chi connectivity index (χ0v) is 5.89. The third kappa shape index (κ3) is 5.03. The summed E-state index contributed by atoms with van der Waals surface area (Å²) in [6, 6.07) is 0. The highest BCUT2D eigenvalue weighted by Crippen LogP contribution is 1.80. The van der Waals surface area contributed by atoms with Gasteiger partial charge < -0.3 is 5.32 Å². The molecule has 1 amide bonds. The van der Waals surface area contributed by atoms with Crippen LogP contribution in [-0.2, 0) is 9.59 Å². The summed E-state index contributed by atoms with van der Waals surface area (Å²) in [5, 5.41) is 2.35. The fourth-order valence-corrected chi connectivity index (χ4v) is 0.432. The molecular weight excluding hydrogens is 130 g/mol.